The van der Waals surface area contributed by atoms with Crippen LogP contribution in [-0.2, 0) is 16.8 Å². The molecule has 0 amide bonds. The largest absolute Gasteiger partial charge is 0.507 e. The summed E-state index contributed by atoms with van der Waals surface area (Å²) >= 11 is 0. The number of aliphatic hydroxyl groups is 1. The number of hydrogen-bond donors (Lipinski definition) is 4. The Balaban J connectivity index is 2.50. The van der Waals surface area contributed by atoms with Crippen LogP contribution in [0.4, 0.5) is 0 Å². The van der Waals surface area contributed by atoms with Crippen LogP contribution in [0, 0.1) is 6.92 Å². The van der Waals surface area contributed by atoms with E-state index in [-0.39, 0.29) is 29.2 Å². The van der Waals surface area contributed by atoms with E-state index < -0.39 is 11.6 Å². The fourth-order valence-electron chi connectivity index (χ4n) is 2.41. The molecule has 23 heavy (non-hydrogen) atoms. The molecule has 6 heteroatoms. The molecule has 4 N–H and O–H groups in total. The van der Waals surface area contributed by atoms with E-state index in [1.54, 1.807) is 19.1 Å². The van der Waals surface area contributed by atoms with Gasteiger partial charge in [0.15, 0.2) is 17.1 Å². The zero-order valence-electron chi connectivity index (χ0n) is 12.8. The Kier molecular flexibility index (Phi) is 4.47. The van der Waals surface area contributed by atoms with Crippen molar-refractivity contribution in [2.75, 3.05) is 7.11 Å². The minimum Gasteiger partial charge on any atom is -0.507 e. The quantitative estimate of drug-likeness (QED) is 0.671. The van der Waals surface area contributed by atoms with E-state index in [9.17, 15) is 25.2 Å². The summed E-state index contributed by atoms with van der Waals surface area (Å²) in [6, 6.07) is 8.83. The third kappa shape index (κ3) is 3.07. The van der Waals surface area contributed by atoms with Crippen molar-refractivity contribution in [3.05, 3.63) is 53.1 Å². The van der Waals surface area contributed by atoms with Crippen molar-refractivity contribution in [3.63, 3.8) is 0 Å². The maximum absolute atomic E-state index is 11.7. The predicted molar refractivity (Wildman–Crippen MR) is 82.7 cm³/mol. The number of para-hydroxylation sites is 1. The number of phenolic OH excluding ortho intramolecular Hbond substituents is 2. The van der Waals surface area contributed by atoms with Gasteiger partial charge >= 0.3 is 5.97 Å². The summed E-state index contributed by atoms with van der Waals surface area (Å²) in [4.78, 5) is 11.7. The number of hydrogen-bond acceptors (Lipinski definition) is 5. The lowest BCUT2D eigenvalue weighted by molar-refractivity contribution is -0.159. The molecule has 1 atom stereocenters. The summed E-state index contributed by atoms with van der Waals surface area (Å²) in [6.07, 6.45) is -0.296. The lowest BCUT2D eigenvalue weighted by Gasteiger charge is -2.25. The summed E-state index contributed by atoms with van der Waals surface area (Å²) in [6.45, 7) is 1.62. The van der Waals surface area contributed by atoms with Crippen molar-refractivity contribution in [1.29, 1.82) is 0 Å². The summed E-state index contributed by atoms with van der Waals surface area (Å²) in [5.74, 6) is -1.66. The van der Waals surface area contributed by atoms with E-state index in [1.165, 1.54) is 31.4 Å². The van der Waals surface area contributed by atoms with Crippen LogP contribution in [0.25, 0.3) is 0 Å². The molecule has 122 valence electrons. The highest BCUT2D eigenvalue weighted by molar-refractivity contribution is 5.81. The average molecular weight is 318 g/mol. The van der Waals surface area contributed by atoms with Gasteiger partial charge in [0, 0.05) is 12.0 Å². The molecule has 0 saturated heterocycles. The first kappa shape index (κ1) is 16.6. The molecule has 0 aromatic heterocycles. The van der Waals surface area contributed by atoms with Crippen LogP contribution in [0.2, 0.25) is 0 Å². The maximum atomic E-state index is 11.7. The van der Waals surface area contributed by atoms with Gasteiger partial charge < -0.3 is 25.2 Å². The van der Waals surface area contributed by atoms with E-state index >= 15 is 0 Å². The SMILES string of the molecule is COc1cc(CC(O)(C(=O)O)c2cccc(C)c2O)ccc1O. The normalized spacial score (nSPS) is 13.3. The molecule has 0 aliphatic carbocycles. The Hall–Kier alpha value is -2.73. The monoisotopic (exact) mass is 318 g/mol. The molecule has 0 bridgehead atoms. The van der Waals surface area contributed by atoms with Crippen molar-refractivity contribution in [2.45, 2.75) is 18.9 Å². The summed E-state index contributed by atoms with van der Waals surface area (Å²) in [5.41, 5.74) is -1.49. The highest BCUT2D eigenvalue weighted by atomic mass is 16.5. The van der Waals surface area contributed by atoms with E-state index in [1.807, 2.05) is 0 Å². The fourth-order valence-corrected chi connectivity index (χ4v) is 2.41. The Morgan fingerprint density at radius 2 is 1.91 bits per heavy atom. The number of phenols is 2. The van der Waals surface area contributed by atoms with E-state index in [0.717, 1.165) is 0 Å². The van der Waals surface area contributed by atoms with Gasteiger partial charge in [-0.1, -0.05) is 24.3 Å². The first-order chi connectivity index (χ1) is 10.8. The summed E-state index contributed by atoms with van der Waals surface area (Å²) in [7, 11) is 1.37. The van der Waals surface area contributed by atoms with Crippen LogP contribution in [0.15, 0.2) is 36.4 Å². The predicted octanol–water partition coefficient (Wildman–Crippen LogP) is 1.93. The smallest absolute Gasteiger partial charge is 0.340 e. The third-order valence-corrected chi connectivity index (χ3v) is 3.74. The first-order valence-electron chi connectivity index (χ1n) is 6.90. The highest BCUT2D eigenvalue weighted by Crippen LogP contribution is 2.36. The Morgan fingerprint density at radius 1 is 1.22 bits per heavy atom. The standard InChI is InChI=1S/C17H18O6/c1-10-4-3-5-12(15(10)19)17(22,16(20)21)9-11-6-7-13(18)14(8-11)23-2/h3-8,18-19,22H,9H2,1-2H3,(H,20,21). The van der Waals surface area contributed by atoms with Crippen LogP contribution < -0.4 is 4.74 Å². The van der Waals surface area contributed by atoms with Crippen molar-refractivity contribution in [1.82, 2.24) is 0 Å². The zero-order valence-corrected chi connectivity index (χ0v) is 12.8. The van der Waals surface area contributed by atoms with Crippen LogP contribution in [-0.4, -0.2) is 33.5 Å². The van der Waals surface area contributed by atoms with Gasteiger partial charge in [-0.2, -0.15) is 0 Å². The number of carboxylic acids is 1. The highest BCUT2D eigenvalue weighted by Gasteiger charge is 2.40. The molecule has 2 aromatic rings. The van der Waals surface area contributed by atoms with Gasteiger partial charge in [0.25, 0.3) is 0 Å². The maximum Gasteiger partial charge on any atom is 0.340 e. The Bertz CT molecular complexity index is 740. The van der Waals surface area contributed by atoms with Gasteiger partial charge in [0.2, 0.25) is 0 Å². The topological polar surface area (TPSA) is 107 Å². The molecule has 0 fully saturated rings. The molecule has 0 aliphatic rings. The number of benzene rings is 2. The number of methoxy groups -OCH3 is 1. The van der Waals surface area contributed by atoms with Gasteiger partial charge in [-0.25, -0.2) is 4.79 Å². The minimum atomic E-state index is -2.31. The number of rotatable bonds is 5. The van der Waals surface area contributed by atoms with Gasteiger partial charge in [-0.05, 0) is 30.2 Å². The molecule has 2 rings (SSSR count). The van der Waals surface area contributed by atoms with Crippen LogP contribution >= 0.6 is 0 Å². The van der Waals surface area contributed by atoms with Crippen molar-refractivity contribution >= 4 is 5.97 Å². The first-order valence-corrected chi connectivity index (χ1v) is 6.90. The van der Waals surface area contributed by atoms with E-state index in [4.69, 9.17) is 4.74 Å². The van der Waals surface area contributed by atoms with E-state index in [2.05, 4.69) is 0 Å². The van der Waals surface area contributed by atoms with Crippen molar-refractivity contribution < 1.29 is 30.0 Å². The number of aromatic hydroxyl groups is 2. The van der Waals surface area contributed by atoms with Crippen LogP contribution in [0.3, 0.4) is 0 Å². The number of carboxylic acid groups (broad SMARTS) is 1. The molecule has 2 aromatic carbocycles. The molecule has 0 aliphatic heterocycles. The van der Waals surface area contributed by atoms with Crippen LogP contribution in [0.5, 0.6) is 17.2 Å². The minimum absolute atomic E-state index is 0.0861. The average Bonchev–Trinajstić information content (AvgIpc) is 2.51. The number of aryl methyl sites for hydroxylation is 1. The number of aliphatic carboxylic acids is 1. The molecule has 0 saturated carbocycles. The Labute approximate surface area is 133 Å². The molecule has 0 radical (unpaired) electrons. The molecule has 1 unspecified atom stereocenters. The fraction of sp³-hybridized carbons (Fsp3) is 0.235. The molecule has 0 spiro atoms. The summed E-state index contributed by atoms with van der Waals surface area (Å²) < 4.78 is 4.98. The van der Waals surface area contributed by atoms with Crippen LogP contribution in [0.1, 0.15) is 16.7 Å². The van der Waals surface area contributed by atoms with Gasteiger partial charge in [0.1, 0.15) is 5.75 Å². The number of carbonyl (C=O) groups is 1. The Morgan fingerprint density at radius 3 is 2.52 bits per heavy atom. The van der Waals surface area contributed by atoms with Crippen molar-refractivity contribution in [3.8, 4) is 17.2 Å². The van der Waals surface area contributed by atoms with E-state index in [0.29, 0.717) is 11.1 Å². The zero-order chi connectivity index (χ0) is 17.2. The molecule has 0 heterocycles. The summed E-state index contributed by atoms with van der Waals surface area (Å²) in [5, 5.41) is 39.9. The lowest BCUT2D eigenvalue weighted by Crippen LogP contribution is -2.38. The van der Waals surface area contributed by atoms with Gasteiger partial charge in [-0.3, -0.25) is 0 Å². The molecule has 6 nitrogen and oxygen atoms in total. The second-order valence-electron chi connectivity index (χ2n) is 5.32. The number of ether oxygens (including phenoxy) is 1. The molecular formula is C17H18O6. The second-order valence-corrected chi connectivity index (χ2v) is 5.32. The lowest BCUT2D eigenvalue weighted by atomic mass is 9.85. The third-order valence-electron chi connectivity index (χ3n) is 3.74. The second kappa shape index (κ2) is 6.18. The van der Waals surface area contributed by atoms with Gasteiger partial charge in [0.05, 0.1) is 7.11 Å². The molecular weight excluding hydrogens is 300 g/mol. The van der Waals surface area contributed by atoms with Crippen molar-refractivity contribution in [2.24, 2.45) is 0 Å². The van der Waals surface area contributed by atoms with Gasteiger partial charge in [-0.15, -0.1) is 0 Å².